The van der Waals surface area contributed by atoms with Crippen LogP contribution in [0.15, 0.2) is 6.07 Å². The number of halogens is 1. The van der Waals surface area contributed by atoms with Crippen molar-refractivity contribution in [3.63, 3.8) is 0 Å². The molecule has 18 heavy (non-hydrogen) atoms. The van der Waals surface area contributed by atoms with Gasteiger partial charge in [-0.15, -0.1) is 0 Å². The fraction of sp³-hybridized carbons (Fsp3) is 0.417. The lowest BCUT2D eigenvalue weighted by Crippen LogP contribution is -2.32. The first kappa shape index (κ1) is 14.6. The number of nitrogens with two attached hydrogens (primary N) is 1. The Morgan fingerprint density at radius 3 is 2.44 bits per heavy atom. The molecule has 0 spiro atoms. The van der Waals surface area contributed by atoms with Crippen LogP contribution in [0.5, 0.6) is 11.5 Å². The van der Waals surface area contributed by atoms with Gasteiger partial charge >= 0.3 is 5.97 Å². The normalized spacial score (nSPS) is 12.1. The van der Waals surface area contributed by atoms with Crippen LogP contribution in [0.2, 0.25) is 5.02 Å². The first-order valence-electron chi connectivity index (χ1n) is 5.30. The van der Waals surface area contributed by atoms with Crippen LogP contribution in [0.1, 0.15) is 11.1 Å². The van der Waals surface area contributed by atoms with Gasteiger partial charge in [-0.05, 0) is 13.0 Å². The zero-order chi connectivity index (χ0) is 13.9. The van der Waals surface area contributed by atoms with E-state index in [1.54, 1.807) is 13.0 Å². The third-order valence-corrected chi connectivity index (χ3v) is 3.06. The highest BCUT2D eigenvalue weighted by Crippen LogP contribution is 2.39. The number of carbonyl (C=O) groups is 1. The van der Waals surface area contributed by atoms with Crippen molar-refractivity contribution in [2.75, 3.05) is 14.2 Å². The molecule has 5 nitrogen and oxygen atoms in total. The zero-order valence-corrected chi connectivity index (χ0v) is 11.2. The fourth-order valence-corrected chi connectivity index (χ4v) is 1.91. The zero-order valence-electron chi connectivity index (χ0n) is 10.5. The van der Waals surface area contributed by atoms with E-state index in [4.69, 9.17) is 31.9 Å². The average Bonchev–Trinajstić information content (AvgIpc) is 2.32. The number of carboxylic acids is 1. The van der Waals surface area contributed by atoms with Gasteiger partial charge in [0.05, 0.1) is 14.2 Å². The van der Waals surface area contributed by atoms with Gasteiger partial charge in [0.1, 0.15) is 6.04 Å². The van der Waals surface area contributed by atoms with Crippen molar-refractivity contribution in [1.29, 1.82) is 0 Å². The molecule has 0 aliphatic heterocycles. The number of aliphatic carboxylic acids is 1. The minimum atomic E-state index is -1.08. The van der Waals surface area contributed by atoms with E-state index in [1.165, 1.54) is 14.2 Å². The molecule has 1 atom stereocenters. The van der Waals surface area contributed by atoms with E-state index in [0.717, 1.165) is 5.56 Å². The third kappa shape index (κ3) is 2.86. The summed E-state index contributed by atoms with van der Waals surface area (Å²) in [5, 5.41) is 9.31. The van der Waals surface area contributed by atoms with E-state index in [0.29, 0.717) is 22.1 Å². The average molecular weight is 274 g/mol. The Labute approximate surface area is 110 Å². The predicted molar refractivity (Wildman–Crippen MR) is 68.6 cm³/mol. The Balaban J connectivity index is 3.26. The van der Waals surface area contributed by atoms with Gasteiger partial charge in [-0.3, -0.25) is 4.79 Å². The van der Waals surface area contributed by atoms with Crippen LogP contribution in [0, 0.1) is 6.92 Å². The van der Waals surface area contributed by atoms with Gasteiger partial charge in [0, 0.05) is 22.6 Å². The summed E-state index contributed by atoms with van der Waals surface area (Å²) in [5.41, 5.74) is 6.86. The maximum atomic E-state index is 10.8. The second-order valence-corrected chi connectivity index (χ2v) is 4.27. The van der Waals surface area contributed by atoms with E-state index in [1.807, 2.05) is 0 Å². The summed E-state index contributed by atoms with van der Waals surface area (Å²) in [6, 6.07) is 0.642. The lowest BCUT2D eigenvalue weighted by molar-refractivity contribution is -0.138. The number of benzene rings is 1. The van der Waals surface area contributed by atoms with Crippen LogP contribution in [-0.4, -0.2) is 31.3 Å². The molecule has 0 saturated heterocycles. The minimum absolute atomic E-state index is 0.120. The van der Waals surface area contributed by atoms with E-state index < -0.39 is 12.0 Å². The van der Waals surface area contributed by atoms with Crippen molar-refractivity contribution in [3.05, 3.63) is 22.2 Å². The summed E-state index contributed by atoms with van der Waals surface area (Å²) >= 11 is 6.07. The molecule has 0 aliphatic carbocycles. The Bertz CT molecular complexity index is 462. The first-order valence-corrected chi connectivity index (χ1v) is 5.68. The second kappa shape index (κ2) is 5.93. The predicted octanol–water partition coefficient (Wildman–Crippen LogP) is 1.62. The highest BCUT2D eigenvalue weighted by atomic mass is 35.5. The third-order valence-electron chi connectivity index (χ3n) is 2.66. The molecule has 3 N–H and O–H groups in total. The molecule has 1 aromatic carbocycles. The number of methoxy groups -OCH3 is 2. The van der Waals surface area contributed by atoms with Crippen molar-refractivity contribution in [1.82, 2.24) is 0 Å². The molecule has 0 aliphatic rings. The van der Waals surface area contributed by atoms with Crippen molar-refractivity contribution in [2.45, 2.75) is 19.4 Å². The maximum Gasteiger partial charge on any atom is 0.320 e. The van der Waals surface area contributed by atoms with E-state index in [2.05, 4.69) is 0 Å². The molecule has 0 radical (unpaired) electrons. The summed E-state index contributed by atoms with van der Waals surface area (Å²) in [7, 11) is 2.99. The molecule has 1 unspecified atom stereocenters. The highest BCUT2D eigenvalue weighted by Gasteiger charge is 2.20. The van der Waals surface area contributed by atoms with Crippen molar-refractivity contribution in [2.24, 2.45) is 5.73 Å². The number of ether oxygens (including phenoxy) is 2. The van der Waals surface area contributed by atoms with Crippen LogP contribution in [-0.2, 0) is 11.2 Å². The Kier molecular flexibility index (Phi) is 4.81. The molecule has 0 bridgehead atoms. The molecule has 1 rings (SSSR count). The largest absolute Gasteiger partial charge is 0.493 e. The standard InChI is InChI=1S/C12H16ClNO4/c1-6-8(13)4-7(5-9(14)12(15)16)11(18-3)10(6)17-2/h4,9H,5,14H2,1-3H3,(H,15,16). The molecule has 0 heterocycles. The second-order valence-electron chi connectivity index (χ2n) is 3.86. The number of hydrogen-bond acceptors (Lipinski definition) is 4. The fourth-order valence-electron chi connectivity index (χ4n) is 1.70. The molecular weight excluding hydrogens is 258 g/mol. The van der Waals surface area contributed by atoms with Gasteiger partial charge < -0.3 is 20.3 Å². The van der Waals surface area contributed by atoms with Crippen LogP contribution in [0.25, 0.3) is 0 Å². The molecule has 0 fully saturated rings. The molecule has 0 saturated carbocycles. The minimum Gasteiger partial charge on any atom is -0.493 e. The van der Waals surface area contributed by atoms with Gasteiger partial charge in [0.2, 0.25) is 0 Å². The summed E-state index contributed by atoms with van der Waals surface area (Å²) in [6.45, 7) is 1.80. The van der Waals surface area contributed by atoms with Gasteiger partial charge in [-0.25, -0.2) is 0 Å². The van der Waals surface area contributed by atoms with Gasteiger partial charge in [0.15, 0.2) is 11.5 Å². The van der Waals surface area contributed by atoms with E-state index >= 15 is 0 Å². The van der Waals surface area contributed by atoms with Crippen molar-refractivity contribution < 1.29 is 19.4 Å². The lowest BCUT2D eigenvalue weighted by atomic mass is 10.0. The molecule has 0 amide bonds. The van der Waals surface area contributed by atoms with Crippen molar-refractivity contribution in [3.8, 4) is 11.5 Å². The number of carboxylic acid groups (broad SMARTS) is 1. The molecule has 100 valence electrons. The summed E-state index contributed by atoms with van der Waals surface area (Å²) in [5.74, 6) is -0.110. The lowest BCUT2D eigenvalue weighted by Gasteiger charge is -2.17. The first-order chi connectivity index (χ1) is 8.42. The Morgan fingerprint density at radius 2 is 2.00 bits per heavy atom. The quantitative estimate of drug-likeness (QED) is 0.852. The van der Waals surface area contributed by atoms with Crippen LogP contribution in [0.3, 0.4) is 0 Å². The molecule has 1 aromatic rings. The Hall–Kier alpha value is -1.46. The number of rotatable bonds is 5. The summed E-state index contributed by atoms with van der Waals surface area (Å²) in [4.78, 5) is 10.8. The summed E-state index contributed by atoms with van der Waals surface area (Å²) < 4.78 is 10.5. The highest BCUT2D eigenvalue weighted by molar-refractivity contribution is 6.31. The van der Waals surface area contributed by atoms with Crippen LogP contribution in [0.4, 0.5) is 0 Å². The smallest absolute Gasteiger partial charge is 0.320 e. The monoisotopic (exact) mass is 273 g/mol. The van der Waals surface area contributed by atoms with Gasteiger partial charge in [-0.1, -0.05) is 11.6 Å². The van der Waals surface area contributed by atoms with E-state index in [-0.39, 0.29) is 6.42 Å². The Morgan fingerprint density at radius 1 is 1.44 bits per heavy atom. The van der Waals surface area contributed by atoms with Gasteiger partial charge in [-0.2, -0.15) is 0 Å². The molecular formula is C12H16ClNO4. The summed E-state index contributed by atoms with van der Waals surface area (Å²) in [6.07, 6.45) is 0.120. The molecule has 6 heteroatoms. The topological polar surface area (TPSA) is 81.8 Å². The van der Waals surface area contributed by atoms with Crippen molar-refractivity contribution >= 4 is 17.6 Å². The van der Waals surface area contributed by atoms with Crippen LogP contribution < -0.4 is 15.2 Å². The SMILES string of the molecule is COc1c(CC(N)C(=O)O)cc(Cl)c(C)c1OC. The number of hydrogen-bond donors (Lipinski definition) is 2. The van der Waals surface area contributed by atoms with Gasteiger partial charge in [0.25, 0.3) is 0 Å². The van der Waals surface area contributed by atoms with Crippen LogP contribution >= 0.6 is 11.6 Å². The molecule has 0 aromatic heterocycles. The maximum absolute atomic E-state index is 10.8. The van der Waals surface area contributed by atoms with E-state index in [9.17, 15) is 4.79 Å².